The van der Waals surface area contributed by atoms with E-state index in [2.05, 4.69) is 5.32 Å². The molecule has 2 N–H and O–H groups in total. The van der Waals surface area contributed by atoms with E-state index >= 15 is 0 Å². The molecule has 0 saturated heterocycles. The number of aliphatic carboxylic acids is 1. The van der Waals surface area contributed by atoms with Gasteiger partial charge in [-0.25, -0.2) is 0 Å². The molecule has 1 atom stereocenters. The molecule has 0 aliphatic rings. The average molecular weight is 249 g/mol. The van der Waals surface area contributed by atoms with E-state index in [0.29, 0.717) is 0 Å². The third-order valence-corrected chi connectivity index (χ3v) is 3.10. The van der Waals surface area contributed by atoms with Crippen molar-refractivity contribution < 1.29 is 14.7 Å². The zero-order valence-corrected chi connectivity index (χ0v) is 11.2. The number of hydrogen-bond acceptors (Lipinski definition) is 2. The molecule has 0 fully saturated rings. The van der Waals surface area contributed by atoms with Gasteiger partial charge in [0.1, 0.15) is 6.04 Å². The lowest BCUT2D eigenvalue weighted by Crippen LogP contribution is -2.47. The summed E-state index contributed by atoms with van der Waals surface area (Å²) in [5.74, 6) is -1.32. The first-order chi connectivity index (χ1) is 8.26. The molecule has 0 aliphatic carbocycles. The van der Waals surface area contributed by atoms with Gasteiger partial charge in [-0.3, -0.25) is 9.59 Å². The van der Waals surface area contributed by atoms with E-state index in [1.165, 1.54) is 6.92 Å². The van der Waals surface area contributed by atoms with Crippen molar-refractivity contribution in [2.75, 3.05) is 0 Å². The summed E-state index contributed by atoms with van der Waals surface area (Å²) in [6, 6.07) is 6.72. The third kappa shape index (κ3) is 2.88. The Morgan fingerprint density at radius 1 is 1.28 bits per heavy atom. The smallest absolute Gasteiger partial charge is 0.325 e. The standard InChI is InChI=1S/C14H19NO3/c1-9-7-5-6-8-11(9)14(3,4)13(18)15-10(2)12(16)17/h5-8,10H,1-4H3,(H,15,18)(H,16,17). The molecule has 18 heavy (non-hydrogen) atoms. The average Bonchev–Trinajstić information content (AvgIpc) is 2.28. The van der Waals surface area contributed by atoms with Gasteiger partial charge in [0, 0.05) is 0 Å². The van der Waals surface area contributed by atoms with E-state index in [0.717, 1.165) is 11.1 Å². The van der Waals surface area contributed by atoms with Crippen molar-refractivity contribution in [2.24, 2.45) is 0 Å². The van der Waals surface area contributed by atoms with Crippen LogP contribution in [-0.4, -0.2) is 23.0 Å². The quantitative estimate of drug-likeness (QED) is 0.856. The molecule has 0 spiro atoms. The first-order valence-electron chi connectivity index (χ1n) is 5.86. The Labute approximate surface area is 107 Å². The van der Waals surface area contributed by atoms with Gasteiger partial charge >= 0.3 is 5.97 Å². The monoisotopic (exact) mass is 249 g/mol. The molecule has 0 bridgehead atoms. The van der Waals surface area contributed by atoms with Gasteiger partial charge in [0.25, 0.3) is 0 Å². The zero-order chi connectivity index (χ0) is 13.9. The number of benzene rings is 1. The molecule has 1 rings (SSSR count). The van der Waals surface area contributed by atoms with Crippen LogP contribution in [0.2, 0.25) is 0 Å². The van der Waals surface area contributed by atoms with Crippen LogP contribution >= 0.6 is 0 Å². The summed E-state index contributed by atoms with van der Waals surface area (Å²) >= 11 is 0. The molecule has 1 aromatic rings. The second-order valence-corrected chi connectivity index (χ2v) is 4.97. The summed E-state index contributed by atoms with van der Waals surface area (Å²) in [5, 5.41) is 11.3. The normalized spacial score (nSPS) is 12.9. The number of amides is 1. The van der Waals surface area contributed by atoms with Gasteiger partial charge < -0.3 is 10.4 Å². The zero-order valence-electron chi connectivity index (χ0n) is 11.2. The van der Waals surface area contributed by atoms with Crippen LogP contribution in [0.15, 0.2) is 24.3 Å². The summed E-state index contributed by atoms with van der Waals surface area (Å²) in [7, 11) is 0. The van der Waals surface area contributed by atoms with Crippen molar-refractivity contribution in [1.29, 1.82) is 0 Å². The van der Waals surface area contributed by atoms with Crippen molar-refractivity contribution in [3.63, 3.8) is 0 Å². The van der Waals surface area contributed by atoms with Crippen LogP contribution in [0.4, 0.5) is 0 Å². The third-order valence-electron chi connectivity index (χ3n) is 3.10. The summed E-state index contributed by atoms with van der Waals surface area (Å²) in [6.45, 7) is 6.97. The van der Waals surface area contributed by atoms with Gasteiger partial charge in [-0.05, 0) is 38.8 Å². The molecule has 1 aromatic carbocycles. The van der Waals surface area contributed by atoms with Gasteiger partial charge in [0.2, 0.25) is 5.91 Å². The maximum absolute atomic E-state index is 12.2. The van der Waals surface area contributed by atoms with Crippen molar-refractivity contribution in [1.82, 2.24) is 5.32 Å². The summed E-state index contributed by atoms with van der Waals surface area (Å²) in [5.41, 5.74) is 1.16. The highest BCUT2D eigenvalue weighted by Crippen LogP contribution is 2.26. The van der Waals surface area contributed by atoms with Crippen molar-refractivity contribution >= 4 is 11.9 Å². The summed E-state index contributed by atoms with van der Waals surface area (Å²) in [6.07, 6.45) is 0. The van der Waals surface area contributed by atoms with E-state index in [1.807, 2.05) is 31.2 Å². The molecule has 0 saturated carbocycles. The minimum atomic E-state index is -1.04. The molecule has 1 unspecified atom stereocenters. The van der Waals surface area contributed by atoms with Crippen LogP contribution in [0.3, 0.4) is 0 Å². The number of carbonyl (C=O) groups is 2. The van der Waals surface area contributed by atoms with E-state index in [9.17, 15) is 9.59 Å². The Hall–Kier alpha value is -1.84. The lowest BCUT2D eigenvalue weighted by Gasteiger charge is -2.27. The number of rotatable bonds is 4. The van der Waals surface area contributed by atoms with Crippen LogP contribution in [-0.2, 0) is 15.0 Å². The minimum Gasteiger partial charge on any atom is -0.480 e. The van der Waals surface area contributed by atoms with Gasteiger partial charge in [0.15, 0.2) is 0 Å². The Bertz CT molecular complexity index is 466. The molecular weight excluding hydrogens is 230 g/mol. The van der Waals surface area contributed by atoms with E-state index in [4.69, 9.17) is 5.11 Å². The number of carboxylic acid groups (broad SMARTS) is 1. The molecule has 4 heteroatoms. The molecule has 1 amide bonds. The molecule has 0 heterocycles. The van der Waals surface area contributed by atoms with Crippen molar-refractivity contribution in [2.45, 2.75) is 39.2 Å². The Balaban J connectivity index is 2.97. The second-order valence-electron chi connectivity index (χ2n) is 4.97. The largest absolute Gasteiger partial charge is 0.480 e. The number of aryl methyl sites for hydroxylation is 1. The van der Waals surface area contributed by atoms with E-state index < -0.39 is 17.4 Å². The Morgan fingerprint density at radius 3 is 2.33 bits per heavy atom. The maximum atomic E-state index is 12.2. The highest BCUT2D eigenvalue weighted by atomic mass is 16.4. The first kappa shape index (κ1) is 14.2. The van der Waals surface area contributed by atoms with E-state index in [-0.39, 0.29) is 5.91 Å². The summed E-state index contributed by atoms with van der Waals surface area (Å²) < 4.78 is 0. The highest BCUT2D eigenvalue weighted by Gasteiger charge is 2.32. The summed E-state index contributed by atoms with van der Waals surface area (Å²) in [4.78, 5) is 22.9. The van der Waals surface area contributed by atoms with Crippen LogP contribution in [0.1, 0.15) is 31.9 Å². The topological polar surface area (TPSA) is 66.4 Å². The Morgan fingerprint density at radius 2 is 1.83 bits per heavy atom. The first-order valence-corrected chi connectivity index (χ1v) is 5.86. The van der Waals surface area contributed by atoms with Crippen LogP contribution in [0.25, 0.3) is 0 Å². The lowest BCUT2D eigenvalue weighted by molar-refractivity contribution is -0.142. The minimum absolute atomic E-state index is 0.285. The van der Waals surface area contributed by atoms with Crippen LogP contribution in [0.5, 0.6) is 0 Å². The van der Waals surface area contributed by atoms with Gasteiger partial charge in [-0.1, -0.05) is 24.3 Å². The number of carbonyl (C=O) groups excluding carboxylic acids is 1. The van der Waals surface area contributed by atoms with Crippen molar-refractivity contribution in [3.8, 4) is 0 Å². The predicted octanol–water partition coefficient (Wildman–Crippen LogP) is 1.86. The molecule has 0 aliphatic heterocycles. The van der Waals surface area contributed by atoms with Crippen LogP contribution < -0.4 is 5.32 Å². The van der Waals surface area contributed by atoms with Crippen LogP contribution in [0, 0.1) is 6.92 Å². The van der Waals surface area contributed by atoms with Gasteiger partial charge in [-0.15, -0.1) is 0 Å². The lowest BCUT2D eigenvalue weighted by atomic mass is 9.81. The highest BCUT2D eigenvalue weighted by molar-refractivity contribution is 5.90. The molecular formula is C14H19NO3. The SMILES string of the molecule is Cc1ccccc1C(C)(C)C(=O)NC(C)C(=O)O. The van der Waals surface area contributed by atoms with Crippen molar-refractivity contribution in [3.05, 3.63) is 35.4 Å². The number of hydrogen-bond donors (Lipinski definition) is 2. The van der Waals surface area contributed by atoms with E-state index in [1.54, 1.807) is 13.8 Å². The molecule has 98 valence electrons. The molecule has 0 radical (unpaired) electrons. The second kappa shape index (κ2) is 5.21. The van der Waals surface area contributed by atoms with Gasteiger partial charge in [0.05, 0.1) is 5.41 Å². The fourth-order valence-corrected chi connectivity index (χ4v) is 1.84. The molecule has 0 aromatic heterocycles. The number of nitrogens with one attached hydrogen (secondary N) is 1. The number of carboxylic acids is 1. The molecule has 4 nitrogen and oxygen atoms in total. The fraction of sp³-hybridized carbons (Fsp3) is 0.429. The Kier molecular flexibility index (Phi) is 4.11. The predicted molar refractivity (Wildman–Crippen MR) is 69.4 cm³/mol. The van der Waals surface area contributed by atoms with Gasteiger partial charge in [-0.2, -0.15) is 0 Å². The maximum Gasteiger partial charge on any atom is 0.325 e. The fourth-order valence-electron chi connectivity index (χ4n) is 1.84.